The molecule has 0 bridgehead atoms. The van der Waals surface area contributed by atoms with Crippen molar-refractivity contribution in [1.29, 1.82) is 0 Å². The zero-order valence-electron chi connectivity index (χ0n) is 12.2. The third kappa shape index (κ3) is 3.19. The summed E-state index contributed by atoms with van der Waals surface area (Å²) >= 11 is 0. The summed E-state index contributed by atoms with van der Waals surface area (Å²) in [5.74, 6) is 1.56. The molecule has 0 aromatic carbocycles. The Morgan fingerprint density at radius 2 is 2.14 bits per heavy atom. The van der Waals surface area contributed by atoms with Gasteiger partial charge in [-0.1, -0.05) is 13.0 Å². The molecule has 21 heavy (non-hydrogen) atoms. The van der Waals surface area contributed by atoms with Gasteiger partial charge >= 0.3 is 0 Å². The van der Waals surface area contributed by atoms with Gasteiger partial charge in [-0.05, 0) is 31.4 Å². The Kier molecular flexibility index (Phi) is 4.10. The van der Waals surface area contributed by atoms with E-state index in [2.05, 4.69) is 26.8 Å². The Morgan fingerprint density at radius 3 is 2.76 bits per heavy atom. The summed E-state index contributed by atoms with van der Waals surface area (Å²) < 4.78 is 0. The largest absolute Gasteiger partial charge is 0.395 e. The molecule has 1 saturated carbocycles. The van der Waals surface area contributed by atoms with Crippen LogP contribution in [0.3, 0.4) is 0 Å². The fraction of sp³-hybridized carbons (Fsp3) is 0.438. The Bertz CT molecular complexity index is 598. The van der Waals surface area contributed by atoms with Crippen molar-refractivity contribution in [2.24, 2.45) is 0 Å². The summed E-state index contributed by atoms with van der Waals surface area (Å²) in [6.45, 7) is 2.84. The Hall–Kier alpha value is -2.01. The molecule has 0 unspecified atom stereocenters. The maximum atomic E-state index is 9.29. The minimum atomic E-state index is 0.140. The minimum absolute atomic E-state index is 0.140. The molecule has 2 aromatic rings. The predicted octanol–water partition coefficient (Wildman–Crippen LogP) is 2.06. The van der Waals surface area contributed by atoms with E-state index in [1.54, 1.807) is 6.20 Å². The molecule has 2 heterocycles. The van der Waals surface area contributed by atoms with E-state index in [4.69, 9.17) is 0 Å². The number of hydrogen-bond acceptors (Lipinski definition) is 5. The molecule has 5 nitrogen and oxygen atoms in total. The van der Waals surface area contributed by atoms with Crippen LogP contribution in [-0.4, -0.2) is 39.3 Å². The molecule has 1 fully saturated rings. The first-order chi connectivity index (χ1) is 10.3. The van der Waals surface area contributed by atoms with Crippen molar-refractivity contribution >= 4 is 5.82 Å². The van der Waals surface area contributed by atoms with Crippen LogP contribution < -0.4 is 4.90 Å². The molecule has 0 aliphatic heterocycles. The van der Waals surface area contributed by atoms with Gasteiger partial charge in [0, 0.05) is 30.5 Å². The second kappa shape index (κ2) is 6.18. The Labute approximate surface area is 124 Å². The van der Waals surface area contributed by atoms with Gasteiger partial charge in [0.25, 0.3) is 0 Å². The third-order valence-corrected chi connectivity index (χ3v) is 3.64. The average molecular weight is 284 g/mol. The van der Waals surface area contributed by atoms with Crippen molar-refractivity contribution < 1.29 is 5.11 Å². The van der Waals surface area contributed by atoms with Crippen molar-refractivity contribution in [3.05, 3.63) is 36.2 Å². The van der Waals surface area contributed by atoms with Gasteiger partial charge in [-0.3, -0.25) is 4.98 Å². The van der Waals surface area contributed by atoms with Gasteiger partial charge in [0.1, 0.15) is 11.5 Å². The van der Waals surface area contributed by atoms with Crippen molar-refractivity contribution in [1.82, 2.24) is 15.0 Å². The van der Waals surface area contributed by atoms with Crippen LogP contribution in [-0.2, 0) is 6.42 Å². The van der Waals surface area contributed by atoms with Gasteiger partial charge in [0.15, 0.2) is 5.82 Å². The first kappa shape index (κ1) is 13.9. The second-order valence-corrected chi connectivity index (χ2v) is 5.26. The van der Waals surface area contributed by atoms with Crippen LogP contribution in [0.5, 0.6) is 0 Å². The molecule has 0 saturated heterocycles. The first-order valence-corrected chi connectivity index (χ1v) is 7.48. The van der Waals surface area contributed by atoms with Gasteiger partial charge in [-0.2, -0.15) is 0 Å². The third-order valence-electron chi connectivity index (χ3n) is 3.64. The average Bonchev–Trinajstić information content (AvgIpc) is 3.37. The number of pyridine rings is 1. The van der Waals surface area contributed by atoms with Gasteiger partial charge in [0.05, 0.1) is 6.61 Å². The predicted molar refractivity (Wildman–Crippen MR) is 82.1 cm³/mol. The van der Waals surface area contributed by atoms with Crippen LogP contribution in [0.25, 0.3) is 11.5 Å². The number of aromatic nitrogens is 3. The summed E-state index contributed by atoms with van der Waals surface area (Å²) in [5.41, 5.74) is 1.79. The highest BCUT2D eigenvalue weighted by Crippen LogP contribution is 2.31. The van der Waals surface area contributed by atoms with Crippen LogP contribution in [0.15, 0.2) is 30.5 Å². The highest BCUT2D eigenvalue weighted by Gasteiger charge is 2.30. The topological polar surface area (TPSA) is 62.1 Å². The monoisotopic (exact) mass is 284 g/mol. The molecular weight excluding hydrogens is 264 g/mol. The number of anilines is 1. The van der Waals surface area contributed by atoms with E-state index in [1.165, 1.54) is 12.8 Å². The van der Waals surface area contributed by atoms with E-state index in [-0.39, 0.29) is 6.61 Å². The Morgan fingerprint density at radius 1 is 1.29 bits per heavy atom. The molecule has 5 heteroatoms. The lowest BCUT2D eigenvalue weighted by molar-refractivity contribution is 0.301. The van der Waals surface area contributed by atoms with Crippen LogP contribution in [0.4, 0.5) is 5.82 Å². The molecule has 0 amide bonds. The summed E-state index contributed by atoms with van der Waals surface area (Å²) in [6.07, 6.45) is 4.95. The van der Waals surface area contributed by atoms with E-state index in [9.17, 15) is 5.11 Å². The Balaban J connectivity index is 2.00. The standard InChI is InChI=1S/C16H20N4O/c1-2-12-11-15(20(9-10-21)13-6-7-13)19-16(18-12)14-5-3-4-8-17-14/h3-5,8,11,13,21H,2,6-7,9-10H2,1H3. The van der Waals surface area contributed by atoms with Gasteiger partial charge < -0.3 is 10.0 Å². The van der Waals surface area contributed by atoms with Gasteiger partial charge in [0.2, 0.25) is 0 Å². The van der Waals surface area contributed by atoms with Crippen molar-refractivity contribution in [2.45, 2.75) is 32.2 Å². The lowest BCUT2D eigenvalue weighted by Crippen LogP contribution is -2.30. The smallest absolute Gasteiger partial charge is 0.180 e. The van der Waals surface area contributed by atoms with E-state index in [0.717, 1.165) is 23.6 Å². The van der Waals surface area contributed by atoms with E-state index in [1.807, 2.05) is 24.3 Å². The van der Waals surface area contributed by atoms with Gasteiger partial charge in [-0.15, -0.1) is 0 Å². The highest BCUT2D eigenvalue weighted by atomic mass is 16.3. The van der Waals surface area contributed by atoms with E-state index >= 15 is 0 Å². The summed E-state index contributed by atoms with van der Waals surface area (Å²) in [4.78, 5) is 15.8. The van der Waals surface area contributed by atoms with Crippen LogP contribution in [0, 0.1) is 0 Å². The number of aliphatic hydroxyl groups is 1. The number of nitrogens with zero attached hydrogens (tertiary/aromatic N) is 4. The summed E-state index contributed by atoms with van der Waals surface area (Å²) in [5, 5.41) is 9.29. The highest BCUT2D eigenvalue weighted by molar-refractivity contribution is 5.54. The zero-order chi connectivity index (χ0) is 14.7. The van der Waals surface area contributed by atoms with Crippen molar-refractivity contribution in [2.75, 3.05) is 18.1 Å². The van der Waals surface area contributed by atoms with Crippen molar-refractivity contribution in [3.63, 3.8) is 0 Å². The van der Waals surface area contributed by atoms with Crippen LogP contribution in [0.1, 0.15) is 25.5 Å². The fourth-order valence-corrected chi connectivity index (χ4v) is 2.40. The second-order valence-electron chi connectivity index (χ2n) is 5.26. The molecule has 1 aliphatic rings. The summed E-state index contributed by atoms with van der Waals surface area (Å²) in [6, 6.07) is 8.28. The van der Waals surface area contributed by atoms with E-state index in [0.29, 0.717) is 18.4 Å². The molecule has 1 N–H and O–H groups in total. The summed E-state index contributed by atoms with van der Waals surface area (Å²) in [7, 11) is 0. The quantitative estimate of drug-likeness (QED) is 0.879. The molecular formula is C16H20N4O. The van der Waals surface area contributed by atoms with Crippen LogP contribution >= 0.6 is 0 Å². The normalized spacial score (nSPS) is 14.2. The van der Waals surface area contributed by atoms with Gasteiger partial charge in [-0.25, -0.2) is 9.97 Å². The lowest BCUT2D eigenvalue weighted by Gasteiger charge is -2.23. The zero-order valence-corrected chi connectivity index (χ0v) is 12.2. The van der Waals surface area contributed by atoms with Crippen LogP contribution in [0.2, 0.25) is 0 Å². The molecule has 1 aliphatic carbocycles. The first-order valence-electron chi connectivity index (χ1n) is 7.48. The fourth-order valence-electron chi connectivity index (χ4n) is 2.40. The minimum Gasteiger partial charge on any atom is -0.395 e. The molecule has 110 valence electrons. The molecule has 3 rings (SSSR count). The number of aryl methyl sites for hydroxylation is 1. The SMILES string of the molecule is CCc1cc(N(CCO)C2CC2)nc(-c2ccccn2)n1. The maximum absolute atomic E-state index is 9.29. The van der Waals surface area contributed by atoms with E-state index < -0.39 is 0 Å². The van der Waals surface area contributed by atoms with Crippen molar-refractivity contribution in [3.8, 4) is 11.5 Å². The lowest BCUT2D eigenvalue weighted by atomic mass is 10.2. The number of hydrogen-bond donors (Lipinski definition) is 1. The molecule has 0 spiro atoms. The maximum Gasteiger partial charge on any atom is 0.180 e. The molecule has 0 atom stereocenters. The number of aliphatic hydroxyl groups excluding tert-OH is 1. The number of rotatable bonds is 6. The molecule has 0 radical (unpaired) electrons. The molecule has 2 aromatic heterocycles.